The molecule has 2 N–H and O–H groups in total. The second kappa shape index (κ2) is 3.17. The van der Waals surface area contributed by atoms with Crippen LogP contribution in [0, 0.1) is 0 Å². The molecule has 0 amide bonds. The summed E-state index contributed by atoms with van der Waals surface area (Å²) >= 11 is 6.07. The Hall–Kier alpha value is -1.22. The topological polar surface area (TPSA) is 48.6 Å². The van der Waals surface area contributed by atoms with Gasteiger partial charge in [-0.3, -0.25) is 0 Å². The van der Waals surface area contributed by atoms with Crippen LogP contribution in [-0.4, -0.2) is 9.97 Å². The highest BCUT2D eigenvalue weighted by Gasteiger charge is 2.08. The highest BCUT2D eigenvalue weighted by atomic mass is 35.5. The Morgan fingerprint density at radius 3 is 2.36 bits per heavy atom. The summed E-state index contributed by atoms with van der Waals surface area (Å²) in [5, 5.41) is 0.697. The molecule has 1 aromatic carbocycles. The lowest BCUT2D eigenvalue weighted by Gasteiger charge is -2.07. The minimum Gasteiger partial charge on any atom is -0.306 e. The third-order valence-electron chi connectivity index (χ3n) is 2.26. The van der Waals surface area contributed by atoms with Gasteiger partial charge >= 0.3 is 5.69 Å². The third-order valence-corrected chi connectivity index (χ3v) is 2.58. The van der Waals surface area contributed by atoms with Crippen LogP contribution in [0.2, 0.25) is 5.02 Å². The van der Waals surface area contributed by atoms with E-state index >= 15 is 0 Å². The predicted octanol–water partition coefficient (Wildman–Crippen LogP) is 2.63. The van der Waals surface area contributed by atoms with Crippen molar-refractivity contribution in [1.82, 2.24) is 9.97 Å². The summed E-state index contributed by atoms with van der Waals surface area (Å²) in [7, 11) is 0. The van der Waals surface area contributed by atoms with E-state index in [0.717, 1.165) is 16.6 Å². The molecule has 2 aromatic rings. The van der Waals surface area contributed by atoms with Gasteiger partial charge in [0, 0.05) is 5.02 Å². The van der Waals surface area contributed by atoms with Crippen LogP contribution in [0.4, 0.5) is 0 Å². The van der Waals surface area contributed by atoms with Gasteiger partial charge in [0.25, 0.3) is 0 Å². The van der Waals surface area contributed by atoms with E-state index in [1.807, 2.05) is 6.07 Å². The standard InChI is InChI=1S/C10H11ClN2O/c1-5(2)6-3-8-9(4-7(6)11)13-10(14)12-8/h3-5H,1-2H3,(H2,12,13,14). The molecule has 74 valence electrons. The average molecular weight is 211 g/mol. The number of benzene rings is 1. The minimum atomic E-state index is -0.197. The molecule has 0 spiro atoms. The highest BCUT2D eigenvalue weighted by molar-refractivity contribution is 6.32. The molecular weight excluding hydrogens is 200 g/mol. The molecule has 4 heteroatoms. The molecule has 0 bridgehead atoms. The van der Waals surface area contributed by atoms with Gasteiger partial charge in [0.05, 0.1) is 11.0 Å². The highest BCUT2D eigenvalue weighted by Crippen LogP contribution is 2.27. The van der Waals surface area contributed by atoms with Gasteiger partial charge in [0.15, 0.2) is 0 Å². The van der Waals surface area contributed by atoms with E-state index < -0.39 is 0 Å². The van der Waals surface area contributed by atoms with Crippen LogP contribution < -0.4 is 5.69 Å². The van der Waals surface area contributed by atoms with Crippen molar-refractivity contribution in [3.63, 3.8) is 0 Å². The first-order chi connectivity index (χ1) is 6.58. The van der Waals surface area contributed by atoms with Crippen molar-refractivity contribution in [2.75, 3.05) is 0 Å². The van der Waals surface area contributed by atoms with Crippen molar-refractivity contribution in [2.45, 2.75) is 19.8 Å². The zero-order chi connectivity index (χ0) is 10.3. The lowest BCUT2D eigenvalue weighted by atomic mass is 10.0. The fourth-order valence-corrected chi connectivity index (χ4v) is 1.90. The van der Waals surface area contributed by atoms with E-state index in [0.29, 0.717) is 10.9 Å². The van der Waals surface area contributed by atoms with Gasteiger partial charge in [-0.1, -0.05) is 25.4 Å². The number of imidazole rings is 1. The maximum atomic E-state index is 11.0. The van der Waals surface area contributed by atoms with Crippen molar-refractivity contribution in [1.29, 1.82) is 0 Å². The van der Waals surface area contributed by atoms with Crippen LogP contribution >= 0.6 is 11.6 Å². The van der Waals surface area contributed by atoms with Gasteiger partial charge in [-0.05, 0) is 23.6 Å². The molecule has 0 aliphatic heterocycles. The Labute approximate surface area is 86.1 Å². The van der Waals surface area contributed by atoms with Gasteiger partial charge in [-0.15, -0.1) is 0 Å². The monoisotopic (exact) mass is 210 g/mol. The van der Waals surface area contributed by atoms with Crippen LogP contribution in [0.25, 0.3) is 11.0 Å². The molecule has 0 saturated carbocycles. The fourth-order valence-electron chi connectivity index (χ4n) is 1.52. The smallest absolute Gasteiger partial charge is 0.306 e. The summed E-state index contributed by atoms with van der Waals surface area (Å²) in [6.45, 7) is 4.13. The zero-order valence-electron chi connectivity index (χ0n) is 8.02. The first kappa shape index (κ1) is 9.34. The summed E-state index contributed by atoms with van der Waals surface area (Å²) in [5.74, 6) is 0.352. The number of halogens is 1. The lowest BCUT2D eigenvalue weighted by Crippen LogP contribution is -1.99. The molecule has 0 saturated heterocycles. The van der Waals surface area contributed by atoms with Crippen LogP contribution in [0.1, 0.15) is 25.3 Å². The van der Waals surface area contributed by atoms with Crippen molar-refractivity contribution in [3.8, 4) is 0 Å². The van der Waals surface area contributed by atoms with Gasteiger partial charge in [-0.25, -0.2) is 4.79 Å². The number of fused-ring (bicyclic) bond motifs is 1. The van der Waals surface area contributed by atoms with Gasteiger partial charge < -0.3 is 9.97 Å². The van der Waals surface area contributed by atoms with E-state index in [2.05, 4.69) is 23.8 Å². The van der Waals surface area contributed by atoms with Crippen molar-refractivity contribution in [3.05, 3.63) is 33.2 Å². The number of nitrogens with one attached hydrogen (secondary N) is 2. The Kier molecular flexibility index (Phi) is 2.11. The maximum Gasteiger partial charge on any atom is 0.323 e. The van der Waals surface area contributed by atoms with Crippen LogP contribution in [0.3, 0.4) is 0 Å². The second-order valence-electron chi connectivity index (χ2n) is 3.65. The van der Waals surface area contributed by atoms with Gasteiger partial charge in [0.1, 0.15) is 0 Å². The first-order valence-electron chi connectivity index (χ1n) is 4.49. The van der Waals surface area contributed by atoms with Crippen molar-refractivity contribution in [2.24, 2.45) is 0 Å². The van der Waals surface area contributed by atoms with E-state index in [1.54, 1.807) is 6.07 Å². The molecule has 0 unspecified atom stereocenters. The summed E-state index contributed by atoms with van der Waals surface area (Å²) in [6.07, 6.45) is 0. The van der Waals surface area contributed by atoms with Crippen LogP contribution in [-0.2, 0) is 0 Å². The minimum absolute atomic E-state index is 0.197. The number of H-pyrrole nitrogens is 2. The Bertz CT molecular complexity index is 524. The maximum absolute atomic E-state index is 11.0. The molecule has 0 radical (unpaired) electrons. The number of rotatable bonds is 1. The first-order valence-corrected chi connectivity index (χ1v) is 4.87. The number of aromatic amines is 2. The molecule has 2 rings (SSSR count). The summed E-state index contributed by atoms with van der Waals surface area (Å²) in [4.78, 5) is 16.4. The zero-order valence-corrected chi connectivity index (χ0v) is 8.77. The molecule has 14 heavy (non-hydrogen) atoms. The average Bonchev–Trinajstić information content (AvgIpc) is 2.42. The molecule has 0 atom stereocenters. The molecule has 3 nitrogen and oxygen atoms in total. The number of aromatic nitrogens is 2. The normalized spacial score (nSPS) is 11.4. The van der Waals surface area contributed by atoms with Crippen LogP contribution in [0.15, 0.2) is 16.9 Å². The van der Waals surface area contributed by atoms with E-state index in [-0.39, 0.29) is 5.69 Å². The molecule has 0 fully saturated rings. The molecule has 1 aromatic heterocycles. The third kappa shape index (κ3) is 1.44. The van der Waals surface area contributed by atoms with Crippen LogP contribution in [0.5, 0.6) is 0 Å². The molecular formula is C10H11ClN2O. The summed E-state index contributed by atoms with van der Waals surface area (Å²) in [6, 6.07) is 3.70. The lowest BCUT2D eigenvalue weighted by molar-refractivity contribution is 0.868. The SMILES string of the molecule is CC(C)c1cc2[nH]c(=O)[nH]c2cc1Cl. The molecule has 0 aliphatic carbocycles. The van der Waals surface area contributed by atoms with E-state index in [4.69, 9.17) is 11.6 Å². The largest absolute Gasteiger partial charge is 0.323 e. The second-order valence-corrected chi connectivity index (χ2v) is 4.06. The Morgan fingerprint density at radius 2 is 1.79 bits per heavy atom. The number of hydrogen-bond donors (Lipinski definition) is 2. The molecule has 1 heterocycles. The number of hydrogen-bond acceptors (Lipinski definition) is 1. The fraction of sp³-hybridized carbons (Fsp3) is 0.300. The Morgan fingerprint density at radius 1 is 1.21 bits per heavy atom. The van der Waals surface area contributed by atoms with Gasteiger partial charge in [-0.2, -0.15) is 0 Å². The van der Waals surface area contributed by atoms with Crippen molar-refractivity contribution >= 4 is 22.6 Å². The van der Waals surface area contributed by atoms with Crippen molar-refractivity contribution < 1.29 is 0 Å². The van der Waals surface area contributed by atoms with E-state index in [1.165, 1.54) is 0 Å². The summed E-state index contributed by atoms with van der Waals surface area (Å²) < 4.78 is 0. The van der Waals surface area contributed by atoms with E-state index in [9.17, 15) is 4.79 Å². The van der Waals surface area contributed by atoms with Gasteiger partial charge in [0.2, 0.25) is 0 Å². The predicted molar refractivity (Wildman–Crippen MR) is 58.0 cm³/mol. The quantitative estimate of drug-likeness (QED) is 0.747. The summed E-state index contributed by atoms with van der Waals surface area (Å²) in [5.41, 5.74) is 2.42. The molecule has 0 aliphatic rings. The Balaban J connectivity index is 2.76.